The molecule has 3 heterocycles. The molecule has 0 radical (unpaired) electrons. The molecule has 0 saturated carbocycles. The van der Waals surface area contributed by atoms with Gasteiger partial charge >= 0.3 is 12.1 Å². The molecule has 3 N–H and O–H groups in total. The number of ketones is 2. The number of carbonyl (C=O) groups is 4. The number of aryl methyl sites for hydroxylation is 1. The van der Waals surface area contributed by atoms with Crippen LogP contribution in [0.15, 0.2) is 79.3 Å². The summed E-state index contributed by atoms with van der Waals surface area (Å²) in [6.07, 6.45) is 4.75. The van der Waals surface area contributed by atoms with Gasteiger partial charge in [0.25, 0.3) is 0 Å². The molecule has 13 nitrogen and oxygen atoms in total. The molecule has 1 amide bonds. The number of alkyl carbamates (subject to hydrolysis) is 1. The maximum Gasteiger partial charge on any atom is 0.408 e. The quantitative estimate of drug-likeness (QED) is 0.120. The molecule has 2 aromatic heterocycles. The summed E-state index contributed by atoms with van der Waals surface area (Å²) < 4.78 is 16.2. The smallest absolute Gasteiger partial charge is 0.408 e. The molecule has 1 fully saturated rings. The number of esters is 1. The molecule has 13 heteroatoms. The Morgan fingerprint density at radius 3 is 2.40 bits per heavy atom. The zero-order chi connectivity index (χ0) is 37.8. The molecule has 4 aromatic rings. The summed E-state index contributed by atoms with van der Waals surface area (Å²) in [4.78, 5) is 67.2. The molecule has 0 bridgehead atoms. The second kappa shape index (κ2) is 18.2. The first kappa shape index (κ1) is 38.5. The van der Waals surface area contributed by atoms with Crippen molar-refractivity contribution in [2.24, 2.45) is 0 Å². The van der Waals surface area contributed by atoms with Gasteiger partial charge in [0.15, 0.2) is 17.4 Å². The maximum atomic E-state index is 13.5. The fraction of sp³-hybridized carbons (Fsp3) is 0.375. The minimum Gasteiger partial charge on any atom is -0.461 e. The topological polar surface area (TPSA) is 176 Å². The van der Waals surface area contributed by atoms with Crippen LogP contribution in [0.2, 0.25) is 0 Å². The third-order valence-electron chi connectivity index (χ3n) is 8.51. The average Bonchev–Trinajstić information content (AvgIpc) is 3.15. The summed E-state index contributed by atoms with van der Waals surface area (Å²) in [5, 5.41) is 2.64. The van der Waals surface area contributed by atoms with E-state index in [2.05, 4.69) is 25.2 Å². The lowest BCUT2D eigenvalue weighted by Gasteiger charge is -2.30. The Labute approximate surface area is 309 Å². The Morgan fingerprint density at radius 2 is 1.68 bits per heavy atom. The zero-order valence-corrected chi connectivity index (χ0v) is 30.4. The van der Waals surface area contributed by atoms with Crippen LogP contribution in [-0.4, -0.2) is 76.5 Å². The maximum absolute atomic E-state index is 13.5. The van der Waals surface area contributed by atoms with Crippen molar-refractivity contribution in [3.05, 3.63) is 102 Å². The van der Waals surface area contributed by atoms with Crippen molar-refractivity contribution in [3.63, 3.8) is 0 Å². The first-order valence-electron chi connectivity index (χ1n) is 17.7. The van der Waals surface area contributed by atoms with Crippen LogP contribution in [-0.2, 0) is 43.2 Å². The number of aromatic nitrogens is 3. The highest BCUT2D eigenvalue weighted by atomic mass is 16.6. The number of amides is 1. The summed E-state index contributed by atoms with van der Waals surface area (Å²) in [6.45, 7) is 7.99. The molecule has 1 aliphatic heterocycles. The van der Waals surface area contributed by atoms with E-state index in [9.17, 15) is 19.2 Å². The lowest BCUT2D eigenvalue weighted by atomic mass is 9.99. The van der Waals surface area contributed by atoms with E-state index in [0.29, 0.717) is 25.3 Å². The molecular formula is C40H46N6O7. The van der Waals surface area contributed by atoms with Crippen molar-refractivity contribution in [2.75, 3.05) is 36.9 Å². The van der Waals surface area contributed by atoms with E-state index in [1.54, 1.807) is 33.2 Å². The Morgan fingerprint density at radius 1 is 0.943 bits per heavy atom. The summed E-state index contributed by atoms with van der Waals surface area (Å²) in [7, 11) is 0. The first-order valence-corrected chi connectivity index (χ1v) is 17.7. The van der Waals surface area contributed by atoms with Crippen LogP contribution in [0.1, 0.15) is 67.2 Å². The van der Waals surface area contributed by atoms with Crippen LogP contribution in [0.4, 0.5) is 16.3 Å². The monoisotopic (exact) mass is 722 g/mol. The van der Waals surface area contributed by atoms with Crippen molar-refractivity contribution in [2.45, 2.75) is 71.1 Å². The Balaban J connectivity index is 1.20. The molecule has 5 rings (SSSR count). The predicted molar refractivity (Wildman–Crippen MR) is 199 cm³/mol. The standard InChI is InChI=1S/C40H46N6O7/c1-40(2,3)53-39(50)45-31(14-16-36(49)52-26-28-7-5-4-6-8-28)34(47)15-11-27-9-12-29(13-10-27)32-25-43-38(41)37(44-32)35(48)23-30-24-42-18-17-33(30)46-19-21-51-22-20-46/h4-10,12-13,17-18,24-25,31H,11,14-16,19-23,26H2,1-3H3,(H2,41,43)(H,45,50)/t31-/m1/s1. The van der Waals surface area contributed by atoms with E-state index in [1.807, 2.05) is 60.7 Å². The minimum atomic E-state index is -0.939. The fourth-order valence-corrected chi connectivity index (χ4v) is 5.79. The normalized spacial score (nSPS) is 13.5. The van der Waals surface area contributed by atoms with Crippen molar-refractivity contribution in [1.29, 1.82) is 0 Å². The lowest BCUT2D eigenvalue weighted by Crippen LogP contribution is -2.43. The number of nitrogens with one attached hydrogen (secondary N) is 1. The Bertz CT molecular complexity index is 1870. The summed E-state index contributed by atoms with van der Waals surface area (Å²) in [6, 6.07) is 17.7. The highest BCUT2D eigenvalue weighted by molar-refractivity contribution is 6.00. The molecule has 1 atom stereocenters. The number of morpholine rings is 1. The van der Waals surface area contributed by atoms with Crippen molar-refractivity contribution in [3.8, 4) is 11.3 Å². The number of pyridine rings is 1. The van der Waals surface area contributed by atoms with Gasteiger partial charge in [0.2, 0.25) is 0 Å². The SMILES string of the molecule is CC(C)(C)OC(=O)N[C@H](CCC(=O)OCc1ccccc1)C(=O)CCc1ccc(-c2cnc(N)c(C(=O)Cc3cnccc3N3CCOCC3)n2)cc1. The van der Waals surface area contributed by atoms with Gasteiger partial charge in [-0.1, -0.05) is 54.6 Å². The van der Waals surface area contributed by atoms with Crippen LogP contribution >= 0.6 is 0 Å². The van der Waals surface area contributed by atoms with Crippen LogP contribution in [0.25, 0.3) is 11.3 Å². The summed E-state index contributed by atoms with van der Waals surface area (Å²) in [5.74, 6) is -0.939. The van der Waals surface area contributed by atoms with Crippen LogP contribution in [0, 0.1) is 0 Å². The van der Waals surface area contributed by atoms with Gasteiger partial charge in [0.05, 0.1) is 31.1 Å². The number of nitrogens with zero attached hydrogens (tertiary/aromatic N) is 4. The van der Waals surface area contributed by atoms with Gasteiger partial charge in [-0.3, -0.25) is 19.4 Å². The van der Waals surface area contributed by atoms with Gasteiger partial charge in [0.1, 0.15) is 17.9 Å². The predicted octanol–water partition coefficient (Wildman–Crippen LogP) is 5.30. The largest absolute Gasteiger partial charge is 0.461 e. The summed E-state index contributed by atoms with van der Waals surface area (Å²) >= 11 is 0. The van der Waals surface area contributed by atoms with E-state index in [1.165, 1.54) is 6.20 Å². The number of carbonyl (C=O) groups excluding carboxylic acids is 4. The molecule has 278 valence electrons. The van der Waals surface area contributed by atoms with Gasteiger partial charge in [0, 0.05) is 61.6 Å². The first-order chi connectivity index (χ1) is 25.4. The van der Waals surface area contributed by atoms with Gasteiger partial charge in [-0.05, 0) is 50.8 Å². The highest BCUT2D eigenvalue weighted by Crippen LogP contribution is 2.25. The van der Waals surface area contributed by atoms with E-state index in [4.69, 9.17) is 19.9 Å². The molecule has 0 aliphatic carbocycles. The molecule has 0 unspecified atom stereocenters. The third-order valence-corrected chi connectivity index (χ3v) is 8.51. The number of benzene rings is 2. The highest BCUT2D eigenvalue weighted by Gasteiger charge is 2.25. The number of nitrogen functional groups attached to an aromatic ring is 1. The molecular weight excluding hydrogens is 676 g/mol. The Hall–Kier alpha value is -5.69. The van der Waals surface area contributed by atoms with Crippen LogP contribution < -0.4 is 16.0 Å². The number of ether oxygens (including phenoxy) is 3. The number of hydrogen-bond donors (Lipinski definition) is 2. The van der Waals surface area contributed by atoms with E-state index < -0.39 is 23.7 Å². The molecule has 1 saturated heterocycles. The van der Waals surface area contributed by atoms with Crippen LogP contribution in [0.5, 0.6) is 0 Å². The van der Waals surface area contributed by atoms with Gasteiger partial charge in [-0.15, -0.1) is 0 Å². The average molecular weight is 723 g/mol. The lowest BCUT2D eigenvalue weighted by molar-refractivity contribution is -0.145. The number of rotatable bonds is 15. The van der Waals surface area contributed by atoms with Crippen molar-refractivity contribution < 1.29 is 33.4 Å². The van der Waals surface area contributed by atoms with Gasteiger partial charge < -0.3 is 30.2 Å². The molecule has 2 aromatic carbocycles. The van der Waals surface area contributed by atoms with E-state index in [0.717, 1.165) is 41.0 Å². The van der Waals surface area contributed by atoms with Crippen LogP contribution in [0.3, 0.4) is 0 Å². The molecule has 0 spiro atoms. The number of nitrogens with two attached hydrogens (primary N) is 1. The third kappa shape index (κ3) is 11.7. The summed E-state index contributed by atoms with van der Waals surface area (Å²) in [5.41, 5.74) is 10.1. The molecule has 1 aliphatic rings. The number of Topliss-reactive ketones (excluding diaryl/α,β-unsaturated/α-hetero) is 2. The number of anilines is 2. The van der Waals surface area contributed by atoms with E-state index in [-0.39, 0.29) is 55.4 Å². The minimum absolute atomic E-state index is 0.0460. The zero-order valence-electron chi connectivity index (χ0n) is 30.4. The fourth-order valence-electron chi connectivity index (χ4n) is 5.79. The van der Waals surface area contributed by atoms with E-state index >= 15 is 0 Å². The number of hydrogen-bond acceptors (Lipinski definition) is 12. The molecule has 53 heavy (non-hydrogen) atoms. The second-order valence-electron chi connectivity index (χ2n) is 13.7. The van der Waals surface area contributed by atoms with Crippen molar-refractivity contribution >= 4 is 35.1 Å². The second-order valence-corrected chi connectivity index (χ2v) is 13.7. The van der Waals surface area contributed by atoms with Gasteiger partial charge in [-0.2, -0.15) is 0 Å². The van der Waals surface area contributed by atoms with Crippen molar-refractivity contribution in [1.82, 2.24) is 20.3 Å². The van der Waals surface area contributed by atoms with Gasteiger partial charge in [-0.25, -0.2) is 14.8 Å². The Kier molecular flexibility index (Phi) is 13.2.